The molecule has 3 amide bonds. The molecule has 0 aliphatic carbocycles. The van der Waals surface area contributed by atoms with Gasteiger partial charge in [-0.15, -0.1) is 0 Å². The number of amides is 3. The summed E-state index contributed by atoms with van der Waals surface area (Å²) in [6.07, 6.45) is -0.973. The van der Waals surface area contributed by atoms with E-state index in [4.69, 9.17) is 10.8 Å². The predicted octanol–water partition coefficient (Wildman–Crippen LogP) is -0.842. The smallest absolute Gasteiger partial charge is 0.327 e. The van der Waals surface area contributed by atoms with E-state index in [0.717, 1.165) is 0 Å². The number of hydrogen-bond acceptors (Lipinski definition) is 8. The summed E-state index contributed by atoms with van der Waals surface area (Å²) in [5.41, 5.74) is 6.54. The molecule has 1 rings (SSSR count). The first-order valence-corrected chi connectivity index (χ1v) is 11.4. The third kappa shape index (κ3) is 9.57. The van der Waals surface area contributed by atoms with Crippen LogP contribution in [0.5, 0.6) is 5.75 Å². The van der Waals surface area contributed by atoms with Crippen LogP contribution in [0.1, 0.15) is 32.8 Å². The Labute approximate surface area is 203 Å². The second-order valence-electron chi connectivity index (χ2n) is 8.48. The quantitative estimate of drug-likeness (QED) is 0.161. The number of nitrogens with two attached hydrogens (primary N) is 1. The number of aromatic hydroxyl groups is 1. The molecule has 11 nitrogen and oxygen atoms in total. The van der Waals surface area contributed by atoms with Crippen LogP contribution >= 0.6 is 12.6 Å². The highest BCUT2D eigenvalue weighted by atomic mass is 32.1. The molecule has 0 fully saturated rings. The number of aliphatic hydroxyl groups is 1. The molecule has 5 atom stereocenters. The summed E-state index contributed by atoms with van der Waals surface area (Å²) in [4.78, 5) is 49.4. The third-order valence-electron chi connectivity index (χ3n) is 4.93. The average molecular weight is 499 g/mol. The molecule has 8 N–H and O–H groups in total. The molecule has 0 radical (unpaired) electrons. The van der Waals surface area contributed by atoms with Gasteiger partial charge in [0.25, 0.3) is 0 Å². The van der Waals surface area contributed by atoms with Crippen LogP contribution in [0.25, 0.3) is 0 Å². The number of carboxylic acids is 1. The number of phenols is 1. The number of phenolic OH excluding ortho intramolecular Hbond substituents is 1. The fourth-order valence-corrected chi connectivity index (χ4v) is 3.32. The highest BCUT2D eigenvalue weighted by Crippen LogP contribution is 2.12. The SMILES string of the molecule is CC(C)CC(N)C(=O)NC(Cc1ccc(O)cc1)C(=O)NC(C(=O)NC(CS)C(=O)O)C(C)O. The van der Waals surface area contributed by atoms with Crippen molar-refractivity contribution in [2.24, 2.45) is 11.7 Å². The van der Waals surface area contributed by atoms with Gasteiger partial charge >= 0.3 is 5.97 Å². The van der Waals surface area contributed by atoms with Crippen LogP contribution in [0.3, 0.4) is 0 Å². The highest BCUT2D eigenvalue weighted by molar-refractivity contribution is 7.80. The molecule has 190 valence electrons. The van der Waals surface area contributed by atoms with Gasteiger partial charge in [0.05, 0.1) is 12.1 Å². The van der Waals surface area contributed by atoms with Gasteiger partial charge in [0.1, 0.15) is 23.9 Å². The molecule has 0 aromatic heterocycles. The van der Waals surface area contributed by atoms with Crippen molar-refractivity contribution in [3.05, 3.63) is 29.8 Å². The summed E-state index contributed by atoms with van der Waals surface area (Å²) in [5, 5.41) is 35.8. The van der Waals surface area contributed by atoms with Gasteiger partial charge < -0.3 is 37.0 Å². The van der Waals surface area contributed by atoms with Crippen LogP contribution in [-0.4, -0.2) is 75.0 Å². The number of aliphatic hydroxyl groups excluding tert-OH is 1. The van der Waals surface area contributed by atoms with Crippen LogP contribution in [-0.2, 0) is 25.6 Å². The monoisotopic (exact) mass is 498 g/mol. The van der Waals surface area contributed by atoms with Gasteiger partial charge in [-0.1, -0.05) is 26.0 Å². The number of aliphatic carboxylic acids is 1. The normalized spacial score (nSPS) is 15.5. The topological polar surface area (TPSA) is 191 Å². The van der Waals surface area contributed by atoms with Crippen LogP contribution < -0.4 is 21.7 Å². The number of carbonyl (C=O) groups excluding carboxylic acids is 3. The third-order valence-corrected chi connectivity index (χ3v) is 5.30. The molecule has 0 saturated heterocycles. The minimum atomic E-state index is -1.49. The van der Waals surface area contributed by atoms with Crippen molar-refractivity contribution in [2.75, 3.05) is 5.75 Å². The number of carbonyl (C=O) groups is 4. The zero-order valence-corrected chi connectivity index (χ0v) is 20.3. The molecule has 1 aromatic carbocycles. The van der Waals surface area contributed by atoms with Gasteiger partial charge in [-0.3, -0.25) is 14.4 Å². The number of rotatable bonds is 13. The van der Waals surface area contributed by atoms with E-state index in [9.17, 15) is 29.4 Å². The summed E-state index contributed by atoms with van der Waals surface area (Å²) >= 11 is 3.87. The Bertz CT molecular complexity index is 848. The summed E-state index contributed by atoms with van der Waals surface area (Å²) in [6.45, 7) is 5.05. The number of benzene rings is 1. The van der Waals surface area contributed by atoms with Crippen molar-refractivity contribution in [1.29, 1.82) is 0 Å². The molecule has 0 bridgehead atoms. The van der Waals surface area contributed by atoms with E-state index >= 15 is 0 Å². The Morgan fingerprint density at radius 1 is 0.941 bits per heavy atom. The molecule has 0 spiro atoms. The lowest BCUT2D eigenvalue weighted by Gasteiger charge is -2.26. The Morgan fingerprint density at radius 2 is 1.50 bits per heavy atom. The summed E-state index contributed by atoms with van der Waals surface area (Å²) in [6, 6.07) is 1.14. The first-order chi connectivity index (χ1) is 15.8. The van der Waals surface area contributed by atoms with Crippen LogP contribution in [0.15, 0.2) is 24.3 Å². The fraction of sp³-hybridized carbons (Fsp3) is 0.545. The first kappa shape index (κ1) is 29.2. The average Bonchev–Trinajstić information content (AvgIpc) is 2.75. The summed E-state index contributed by atoms with van der Waals surface area (Å²) in [7, 11) is 0. The standard InChI is InChI=1S/C22H34N4O7S/c1-11(2)8-15(23)19(29)24-16(9-13-4-6-14(28)7-5-13)20(30)26-18(12(3)27)21(31)25-17(10-34)22(32)33/h4-7,11-12,15-18,27-28,34H,8-10,23H2,1-3H3,(H,24,29)(H,25,31)(H,26,30)(H,32,33). The van der Waals surface area contributed by atoms with Crippen molar-refractivity contribution in [3.63, 3.8) is 0 Å². The number of carboxylic acid groups (broad SMARTS) is 1. The van der Waals surface area contributed by atoms with Crippen molar-refractivity contribution >= 4 is 36.3 Å². The summed E-state index contributed by atoms with van der Waals surface area (Å²) in [5.74, 6) is -3.62. The minimum Gasteiger partial charge on any atom is -0.508 e. The van der Waals surface area contributed by atoms with E-state index in [-0.39, 0.29) is 23.8 Å². The van der Waals surface area contributed by atoms with Gasteiger partial charge in [0, 0.05) is 12.2 Å². The highest BCUT2D eigenvalue weighted by Gasteiger charge is 2.32. The Morgan fingerprint density at radius 3 is 1.97 bits per heavy atom. The molecule has 0 heterocycles. The molecule has 0 aliphatic rings. The predicted molar refractivity (Wildman–Crippen MR) is 128 cm³/mol. The van der Waals surface area contributed by atoms with Crippen molar-refractivity contribution in [1.82, 2.24) is 16.0 Å². The first-order valence-electron chi connectivity index (χ1n) is 10.8. The van der Waals surface area contributed by atoms with Crippen molar-refractivity contribution in [2.45, 2.75) is 63.9 Å². The molecule has 0 saturated carbocycles. The van der Waals surface area contributed by atoms with Crippen LogP contribution in [0, 0.1) is 5.92 Å². The number of hydrogen-bond donors (Lipinski definition) is 8. The lowest BCUT2D eigenvalue weighted by molar-refractivity contribution is -0.142. The molecule has 12 heteroatoms. The molecular weight excluding hydrogens is 464 g/mol. The second-order valence-corrected chi connectivity index (χ2v) is 8.84. The lowest BCUT2D eigenvalue weighted by Crippen LogP contribution is -2.60. The van der Waals surface area contributed by atoms with E-state index in [2.05, 4.69) is 28.6 Å². The van der Waals surface area contributed by atoms with E-state index in [0.29, 0.717) is 12.0 Å². The van der Waals surface area contributed by atoms with Gasteiger partial charge in [0.15, 0.2) is 0 Å². The summed E-state index contributed by atoms with van der Waals surface area (Å²) < 4.78 is 0. The van der Waals surface area contributed by atoms with Gasteiger partial charge in [-0.05, 0) is 37.0 Å². The van der Waals surface area contributed by atoms with Gasteiger partial charge in [0.2, 0.25) is 17.7 Å². The van der Waals surface area contributed by atoms with Crippen LogP contribution in [0.4, 0.5) is 0 Å². The fourth-order valence-electron chi connectivity index (χ4n) is 3.08. The van der Waals surface area contributed by atoms with Crippen LogP contribution in [0.2, 0.25) is 0 Å². The second kappa shape index (κ2) is 13.8. The molecular formula is C22H34N4O7S. The maximum atomic E-state index is 13.1. The van der Waals surface area contributed by atoms with E-state index in [1.165, 1.54) is 19.1 Å². The molecule has 1 aromatic rings. The lowest BCUT2D eigenvalue weighted by atomic mass is 10.0. The Kier molecular flexibility index (Phi) is 11.8. The number of thiol groups is 1. The van der Waals surface area contributed by atoms with Gasteiger partial charge in [-0.25, -0.2) is 4.79 Å². The Balaban J connectivity index is 3.08. The van der Waals surface area contributed by atoms with Crippen molar-refractivity contribution in [3.8, 4) is 5.75 Å². The largest absolute Gasteiger partial charge is 0.508 e. The molecule has 34 heavy (non-hydrogen) atoms. The number of nitrogens with one attached hydrogen (secondary N) is 3. The van der Waals surface area contributed by atoms with E-state index in [1.807, 2.05) is 13.8 Å². The zero-order chi connectivity index (χ0) is 26.0. The maximum absolute atomic E-state index is 13.1. The van der Waals surface area contributed by atoms with Crippen molar-refractivity contribution < 1.29 is 34.5 Å². The Hall–Kier alpha value is -2.83. The zero-order valence-electron chi connectivity index (χ0n) is 19.4. The maximum Gasteiger partial charge on any atom is 0.327 e. The van der Waals surface area contributed by atoms with E-state index in [1.54, 1.807) is 12.1 Å². The minimum absolute atomic E-state index is 0.00872. The molecule has 5 unspecified atom stereocenters. The van der Waals surface area contributed by atoms with E-state index < -0.39 is 54.0 Å². The van der Waals surface area contributed by atoms with Gasteiger partial charge in [-0.2, -0.15) is 12.6 Å². The molecule has 0 aliphatic heterocycles.